The van der Waals surface area contributed by atoms with Crippen molar-refractivity contribution in [3.63, 3.8) is 0 Å². The zero-order chi connectivity index (χ0) is 20.4. The highest BCUT2D eigenvalue weighted by Crippen LogP contribution is 2.14. The van der Waals surface area contributed by atoms with Crippen molar-refractivity contribution in [3.8, 4) is 5.75 Å². The molecule has 7 heteroatoms. The number of nitrogens with one attached hydrogen (secondary N) is 3. The van der Waals surface area contributed by atoms with Crippen LogP contribution in [0.1, 0.15) is 47.4 Å². The lowest BCUT2D eigenvalue weighted by molar-refractivity contribution is 0.0951. The number of carbonyl (C=O) groups excluding carboxylic acids is 2. The molecule has 0 atom stereocenters. The topological polar surface area (TPSA) is 79.5 Å². The lowest BCUT2D eigenvalue weighted by Gasteiger charge is -2.11. The molecule has 3 N–H and O–H groups in total. The van der Waals surface area contributed by atoms with Gasteiger partial charge >= 0.3 is 0 Å². The molecule has 0 saturated carbocycles. The highest BCUT2D eigenvalue weighted by Gasteiger charge is 2.10. The van der Waals surface area contributed by atoms with Gasteiger partial charge in [-0.15, -0.1) is 0 Å². The summed E-state index contributed by atoms with van der Waals surface area (Å²) in [7, 11) is 0. The maximum Gasteiger partial charge on any atom is 0.257 e. The fraction of sp³-hybridized carbons (Fsp3) is 0.286. The summed E-state index contributed by atoms with van der Waals surface area (Å²) in [5.41, 5.74) is 1.59. The maximum atomic E-state index is 12.4. The van der Waals surface area contributed by atoms with Gasteiger partial charge in [-0.25, -0.2) is 0 Å². The van der Waals surface area contributed by atoms with Crippen LogP contribution in [0.3, 0.4) is 0 Å². The van der Waals surface area contributed by atoms with Crippen LogP contribution >= 0.6 is 12.2 Å². The minimum Gasteiger partial charge on any atom is -0.494 e. The van der Waals surface area contributed by atoms with E-state index in [1.807, 2.05) is 13.8 Å². The Balaban J connectivity index is 1.96. The van der Waals surface area contributed by atoms with Gasteiger partial charge in [-0.3, -0.25) is 14.9 Å². The van der Waals surface area contributed by atoms with Crippen LogP contribution in [0, 0.1) is 0 Å². The Hall–Kier alpha value is -2.93. The Morgan fingerprint density at radius 3 is 2.39 bits per heavy atom. The molecule has 0 fully saturated rings. The number of hydrogen-bond acceptors (Lipinski definition) is 4. The second-order valence-electron chi connectivity index (χ2n) is 6.12. The van der Waals surface area contributed by atoms with Crippen LogP contribution in [0.5, 0.6) is 5.75 Å². The molecule has 0 aromatic heterocycles. The quantitative estimate of drug-likeness (QED) is 0.589. The number of rotatable bonds is 8. The third kappa shape index (κ3) is 6.66. The van der Waals surface area contributed by atoms with Crippen molar-refractivity contribution in [1.29, 1.82) is 0 Å². The van der Waals surface area contributed by atoms with E-state index in [9.17, 15) is 9.59 Å². The molecule has 0 aliphatic heterocycles. The Bertz CT molecular complexity index is 839. The molecule has 0 bridgehead atoms. The number of anilines is 1. The van der Waals surface area contributed by atoms with Crippen LogP contribution in [-0.4, -0.2) is 30.1 Å². The minimum atomic E-state index is -0.337. The monoisotopic (exact) mass is 399 g/mol. The minimum absolute atomic E-state index is 0.149. The van der Waals surface area contributed by atoms with Crippen LogP contribution in [-0.2, 0) is 0 Å². The number of hydrogen-bond donors (Lipinski definition) is 3. The van der Waals surface area contributed by atoms with E-state index in [4.69, 9.17) is 17.0 Å². The van der Waals surface area contributed by atoms with Crippen molar-refractivity contribution in [1.82, 2.24) is 10.6 Å². The third-order valence-electron chi connectivity index (χ3n) is 3.71. The molecule has 28 heavy (non-hydrogen) atoms. The molecule has 2 amide bonds. The van der Waals surface area contributed by atoms with E-state index in [1.54, 1.807) is 48.5 Å². The molecule has 0 radical (unpaired) electrons. The van der Waals surface area contributed by atoms with Gasteiger partial charge in [-0.05, 0) is 61.5 Å². The van der Waals surface area contributed by atoms with Gasteiger partial charge in [0.15, 0.2) is 5.11 Å². The van der Waals surface area contributed by atoms with Gasteiger partial charge in [0.2, 0.25) is 0 Å². The lowest BCUT2D eigenvalue weighted by atomic mass is 10.2. The zero-order valence-electron chi connectivity index (χ0n) is 16.1. The summed E-state index contributed by atoms with van der Waals surface area (Å²) in [5, 5.41) is 8.54. The van der Waals surface area contributed by atoms with Gasteiger partial charge in [-0.2, -0.15) is 0 Å². The van der Waals surface area contributed by atoms with Gasteiger partial charge in [-0.1, -0.05) is 26.0 Å². The van der Waals surface area contributed by atoms with E-state index in [2.05, 4.69) is 16.0 Å². The smallest absolute Gasteiger partial charge is 0.257 e. The predicted molar refractivity (Wildman–Crippen MR) is 115 cm³/mol. The number of benzene rings is 2. The van der Waals surface area contributed by atoms with Gasteiger partial charge < -0.3 is 15.4 Å². The molecule has 6 nitrogen and oxygen atoms in total. The molecule has 0 spiro atoms. The molecular weight excluding hydrogens is 374 g/mol. The Morgan fingerprint density at radius 1 is 0.964 bits per heavy atom. The predicted octanol–water partition coefficient (Wildman–Crippen LogP) is 3.74. The lowest BCUT2D eigenvalue weighted by Crippen LogP contribution is -2.34. The van der Waals surface area contributed by atoms with Crippen molar-refractivity contribution < 1.29 is 14.3 Å². The van der Waals surface area contributed by atoms with E-state index in [0.29, 0.717) is 35.7 Å². The number of amides is 2. The van der Waals surface area contributed by atoms with Crippen LogP contribution in [0.25, 0.3) is 0 Å². The van der Waals surface area contributed by atoms with Crippen LogP contribution < -0.4 is 20.7 Å². The van der Waals surface area contributed by atoms with Crippen LogP contribution in [0.4, 0.5) is 5.69 Å². The first-order valence-electron chi connectivity index (χ1n) is 9.27. The average molecular weight is 400 g/mol. The van der Waals surface area contributed by atoms with Gasteiger partial charge in [0.05, 0.1) is 6.61 Å². The Labute approximate surface area is 170 Å². The second-order valence-corrected chi connectivity index (χ2v) is 6.53. The Kier molecular flexibility index (Phi) is 8.42. The normalized spacial score (nSPS) is 10.1. The molecular formula is C21H25N3O3S. The number of thiocarbonyl (C=S) groups is 1. The molecule has 0 aliphatic carbocycles. The van der Waals surface area contributed by atoms with Crippen molar-refractivity contribution >= 4 is 34.8 Å². The second kappa shape index (κ2) is 11.0. The molecule has 0 heterocycles. The van der Waals surface area contributed by atoms with E-state index >= 15 is 0 Å². The maximum absolute atomic E-state index is 12.4. The molecule has 2 aromatic rings. The summed E-state index contributed by atoms with van der Waals surface area (Å²) in [5.74, 6) is 0.153. The third-order valence-corrected chi connectivity index (χ3v) is 3.92. The zero-order valence-corrected chi connectivity index (χ0v) is 16.9. The molecule has 2 aromatic carbocycles. The average Bonchev–Trinajstić information content (AvgIpc) is 2.70. The Morgan fingerprint density at radius 2 is 1.68 bits per heavy atom. The summed E-state index contributed by atoms with van der Waals surface area (Å²) in [6.45, 7) is 5.22. The standard InChI is InChI=1S/C21H25N3O3S/c1-3-11-22-19(25)15-7-5-9-17(13-15)23-21(28)24-20(26)16-8-6-10-18(14-16)27-12-4-2/h5-10,13-14H,3-4,11-12H2,1-2H3,(H,22,25)(H2,23,24,26,28). The van der Waals surface area contributed by atoms with Crippen molar-refractivity contribution in [2.45, 2.75) is 26.7 Å². The largest absolute Gasteiger partial charge is 0.494 e. The van der Waals surface area contributed by atoms with Gasteiger partial charge in [0.25, 0.3) is 11.8 Å². The molecule has 0 aliphatic rings. The van der Waals surface area contributed by atoms with Crippen LogP contribution in [0.15, 0.2) is 48.5 Å². The number of ether oxygens (including phenoxy) is 1. The summed E-state index contributed by atoms with van der Waals surface area (Å²) in [4.78, 5) is 24.5. The summed E-state index contributed by atoms with van der Waals surface area (Å²) in [6.07, 6.45) is 1.75. The van der Waals surface area contributed by atoms with E-state index in [1.165, 1.54) is 0 Å². The van der Waals surface area contributed by atoms with E-state index in [-0.39, 0.29) is 16.9 Å². The first kappa shape index (κ1) is 21.4. The highest BCUT2D eigenvalue weighted by atomic mass is 32.1. The van der Waals surface area contributed by atoms with E-state index in [0.717, 1.165) is 12.8 Å². The summed E-state index contributed by atoms with van der Waals surface area (Å²) in [6, 6.07) is 13.9. The molecule has 148 valence electrons. The van der Waals surface area contributed by atoms with E-state index < -0.39 is 0 Å². The van der Waals surface area contributed by atoms with Crippen molar-refractivity contribution in [2.24, 2.45) is 0 Å². The van der Waals surface area contributed by atoms with Crippen molar-refractivity contribution in [2.75, 3.05) is 18.5 Å². The fourth-order valence-electron chi connectivity index (χ4n) is 2.36. The first-order chi connectivity index (χ1) is 13.5. The number of carbonyl (C=O) groups is 2. The van der Waals surface area contributed by atoms with Gasteiger partial charge in [0, 0.05) is 23.4 Å². The summed E-state index contributed by atoms with van der Waals surface area (Å²) >= 11 is 5.22. The SMILES string of the molecule is CCCNC(=O)c1cccc(NC(=S)NC(=O)c2cccc(OCCC)c2)c1. The molecule has 2 rings (SSSR count). The first-order valence-corrected chi connectivity index (χ1v) is 9.67. The van der Waals surface area contributed by atoms with Crippen molar-refractivity contribution in [3.05, 3.63) is 59.7 Å². The summed E-state index contributed by atoms with van der Waals surface area (Å²) < 4.78 is 5.54. The van der Waals surface area contributed by atoms with Crippen LogP contribution in [0.2, 0.25) is 0 Å². The van der Waals surface area contributed by atoms with Gasteiger partial charge in [0.1, 0.15) is 5.75 Å². The molecule has 0 unspecified atom stereocenters. The fourth-order valence-corrected chi connectivity index (χ4v) is 2.57. The molecule has 0 saturated heterocycles. The highest BCUT2D eigenvalue weighted by molar-refractivity contribution is 7.80.